The lowest BCUT2D eigenvalue weighted by atomic mass is 10.3. The molecule has 0 rings (SSSR count). The number of hydrogen-bond acceptors (Lipinski definition) is 4. The monoisotopic (exact) mass is 176 g/mol. The minimum Gasteiger partial charge on any atom is -0.394 e. The molecule has 5 nitrogen and oxygen atoms in total. The summed E-state index contributed by atoms with van der Waals surface area (Å²) in [5.41, 5.74) is 0. The van der Waals surface area contributed by atoms with Crippen molar-refractivity contribution < 1.29 is 15.0 Å². The van der Waals surface area contributed by atoms with Gasteiger partial charge in [-0.3, -0.25) is 4.79 Å². The molecule has 0 aliphatic rings. The van der Waals surface area contributed by atoms with E-state index in [0.29, 0.717) is 0 Å². The Bertz CT molecular complexity index is 126. The number of aliphatic hydroxyl groups excluding tert-OH is 2. The molecule has 0 heterocycles. The zero-order valence-corrected chi connectivity index (χ0v) is 7.21. The summed E-state index contributed by atoms with van der Waals surface area (Å²) in [5, 5.41) is 22.5. The molecule has 0 fully saturated rings. The van der Waals surface area contributed by atoms with Crippen LogP contribution in [-0.4, -0.2) is 48.5 Å². The van der Waals surface area contributed by atoms with E-state index in [0.717, 1.165) is 6.54 Å². The van der Waals surface area contributed by atoms with Crippen molar-refractivity contribution in [1.82, 2.24) is 10.6 Å². The highest BCUT2D eigenvalue weighted by atomic mass is 16.3. The van der Waals surface area contributed by atoms with E-state index >= 15 is 0 Å². The first-order chi connectivity index (χ1) is 5.74. The lowest BCUT2D eigenvalue weighted by Gasteiger charge is -2.12. The molecule has 0 aliphatic carbocycles. The molecule has 0 saturated heterocycles. The molecule has 12 heavy (non-hydrogen) atoms. The molecule has 0 unspecified atom stereocenters. The fraction of sp³-hybridized carbons (Fsp3) is 0.857. The largest absolute Gasteiger partial charge is 0.394 e. The van der Waals surface area contributed by atoms with E-state index in [4.69, 9.17) is 10.2 Å². The third kappa shape index (κ3) is 5.06. The smallest absolute Gasteiger partial charge is 0.234 e. The topological polar surface area (TPSA) is 81.6 Å². The van der Waals surface area contributed by atoms with Gasteiger partial charge in [-0.05, 0) is 6.54 Å². The van der Waals surface area contributed by atoms with Crippen LogP contribution in [0.2, 0.25) is 0 Å². The number of rotatable bonds is 6. The van der Waals surface area contributed by atoms with Crippen molar-refractivity contribution in [2.45, 2.75) is 13.0 Å². The molecule has 0 aromatic rings. The molecular weight excluding hydrogens is 160 g/mol. The van der Waals surface area contributed by atoms with Crippen LogP contribution in [0.15, 0.2) is 0 Å². The second kappa shape index (κ2) is 7.02. The molecule has 0 saturated carbocycles. The Hall–Kier alpha value is -0.650. The second-order valence-corrected chi connectivity index (χ2v) is 2.41. The number of carbonyl (C=O) groups excluding carboxylic acids is 1. The Morgan fingerprint density at radius 2 is 2.00 bits per heavy atom. The second-order valence-electron chi connectivity index (χ2n) is 2.41. The first-order valence-corrected chi connectivity index (χ1v) is 3.96. The lowest BCUT2D eigenvalue weighted by Crippen LogP contribution is -2.44. The number of nitrogens with one attached hydrogen (secondary N) is 2. The van der Waals surface area contributed by atoms with E-state index in [-0.39, 0.29) is 25.7 Å². The first-order valence-electron chi connectivity index (χ1n) is 3.96. The standard InChI is InChI=1S/C7H16N2O3/c1-2-8-3-7(12)9-6(4-10)5-11/h6,8,10-11H,2-5H2,1H3,(H,9,12). The summed E-state index contributed by atoms with van der Waals surface area (Å²) in [5.74, 6) is -0.218. The van der Waals surface area contributed by atoms with Crippen molar-refractivity contribution in [3.8, 4) is 0 Å². The summed E-state index contributed by atoms with van der Waals surface area (Å²) in [6.45, 7) is 2.34. The Morgan fingerprint density at radius 3 is 2.42 bits per heavy atom. The number of hydrogen-bond donors (Lipinski definition) is 4. The third-order valence-corrected chi connectivity index (χ3v) is 1.34. The van der Waals surface area contributed by atoms with Gasteiger partial charge >= 0.3 is 0 Å². The summed E-state index contributed by atoms with van der Waals surface area (Å²) in [7, 11) is 0. The van der Waals surface area contributed by atoms with Crippen molar-refractivity contribution in [3.05, 3.63) is 0 Å². The highest BCUT2D eigenvalue weighted by Crippen LogP contribution is 1.78. The van der Waals surface area contributed by atoms with Gasteiger partial charge in [0, 0.05) is 0 Å². The molecule has 0 atom stereocenters. The number of aliphatic hydroxyl groups is 2. The minimum absolute atomic E-state index is 0.215. The van der Waals surface area contributed by atoms with Gasteiger partial charge in [0.1, 0.15) is 0 Å². The van der Waals surface area contributed by atoms with Crippen LogP contribution in [0.3, 0.4) is 0 Å². The predicted octanol–water partition coefficient (Wildman–Crippen LogP) is -1.93. The van der Waals surface area contributed by atoms with E-state index in [1.807, 2.05) is 6.92 Å². The van der Waals surface area contributed by atoms with Crippen LogP contribution < -0.4 is 10.6 Å². The molecule has 0 bridgehead atoms. The van der Waals surface area contributed by atoms with Crippen LogP contribution >= 0.6 is 0 Å². The highest BCUT2D eigenvalue weighted by Gasteiger charge is 2.08. The predicted molar refractivity (Wildman–Crippen MR) is 44.6 cm³/mol. The fourth-order valence-corrected chi connectivity index (χ4v) is 0.666. The summed E-state index contributed by atoms with van der Waals surface area (Å²) in [6.07, 6.45) is 0. The molecular formula is C7H16N2O3. The molecule has 0 radical (unpaired) electrons. The average Bonchev–Trinajstić information content (AvgIpc) is 2.10. The first kappa shape index (κ1) is 11.4. The van der Waals surface area contributed by atoms with Gasteiger partial charge in [0.15, 0.2) is 0 Å². The molecule has 0 aromatic heterocycles. The van der Waals surface area contributed by atoms with Crippen LogP contribution in [0, 0.1) is 0 Å². The summed E-state index contributed by atoms with van der Waals surface area (Å²) in [6, 6.07) is -0.545. The van der Waals surface area contributed by atoms with Crippen LogP contribution in [0.4, 0.5) is 0 Å². The van der Waals surface area contributed by atoms with Gasteiger partial charge in [-0.25, -0.2) is 0 Å². The molecule has 1 amide bonds. The van der Waals surface area contributed by atoms with Crippen molar-refractivity contribution in [1.29, 1.82) is 0 Å². The molecule has 5 heteroatoms. The van der Waals surface area contributed by atoms with Gasteiger partial charge in [-0.15, -0.1) is 0 Å². The third-order valence-electron chi connectivity index (χ3n) is 1.34. The van der Waals surface area contributed by atoms with Crippen molar-refractivity contribution >= 4 is 5.91 Å². The van der Waals surface area contributed by atoms with E-state index in [1.165, 1.54) is 0 Å². The highest BCUT2D eigenvalue weighted by molar-refractivity contribution is 5.78. The molecule has 72 valence electrons. The maximum atomic E-state index is 10.9. The summed E-state index contributed by atoms with van der Waals surface area (Å²) in [4.78, 5) is 10.9. The van der Waals surface area contributed by atoms with Gasteiger partial charge in [0.05, 0.1) is 25.8 Å². The number of carbonyl (C=O) groups is 1. The molecule has 0 spiro atoms. The van der Waals surface area contributed by atoms with Crippen molar-refractivity contribution in [2.75, 3.05) is 26.3 Å². The van der Waals surface area contributed by atoms with Crippen LogP contribution in [0.5, 0.6) is 0 Å². The Morgan fingerprint density at radius 1 is 1.42 bits per heavy atom. The van der Waals surface area contributed by atoms with Crippen LogP contribution in [-0.2, 0) is 4.79 Å². The van der Waals surface area contributed by atoms with Gasteiger partial charge in [0.25, 0.3) is 0 Å². The van der Waals surface area contributed by atoms with Crippen LogP contribution in [0.25, 0.3) is 0 Å². The number of likely N-dealkylation sites (N-methyl/N-ethyl adjacent to an activating group) is 1. The summed E-state index contributed by atoms with van der Waals surface area (Å²) >= 11 is 0. The van der Waals surface area contributed by atoms with E-state index < -0.39 is 6.04 Å². The zero-order chi connectivity index (χ0) is 9.40. The number of amides is 1. The maximum absolute atomic E-state index is 10.9. The normalized spacial score (nSPS) is 10.3. The molecule has 0 aliphatic heterocycles. The molecule has 4 N–H and O–H groups in total. The Kier molecular flexibility index (Phi) is 6.64. The maximum Gasteiger partial charge on any atom is 0.234 e. The van der Waals surface area contributed by atoms with Gasteiger partial charge in [-0.1, -0.05) is 6.92 Å². The fourth-order valence-electron chi connectivity index (χ4n) is 0.666. The Balaban J connectivity index is 3.52. The lowest BCUT2D eigenvalue weighted by molar-refractivity contribution is -0.121. The van der Waals surface area contributed by atoms with E-state index in [9.17, 15) is 4.79 Å². The van der Waals surface area contributed by atoms with E-state index in [2.05, 4.69) is 10.6 Å². The van der Waals surface area contributed by atoms with Crippen LogP contribution in [0.1, 0.15) is 6.92 Å². The Labute approximate surface area is 71.8 Å². The minimum atomic E-state index is -0.545. The quantitative estimate of drug-likeness (QED) is 0.380. The van der Waals surface area contributed by atoms with Crippen molar-refractivity contribution in [2.24, 2.45) is 0 Å². The van der Waals surface area contributed by atoms with Gasteiger partial charge in [0.2, 0.25) is 5.91 Å². The van der Waals surface area contributed by atoms with Gasteiger partial charge < -0.3 is 20.8 Å². The zero-order valence-electron chi connectivity index (χ0n) is 7.21. The van der Waals surface area contributed by atoms with Gasteiger partial charge in [-0.2, -0.15) is 0 Å². The summed E-state index contributed by atoms with van der Waals surface area (Å²) < 4.78 is 0. The van der Waals surface area contributed by atoms with Crippen molar-refractivity contribution in [3.63, 3.8) is 0 Å². The average molecular weight is 176 g/mol. The van der Waals surface area contributed by atoms with E-state index in [1.54, 1.807) is 0 Å². The SMILES string of the molecule is CCNCC(=O)NC(CO)CO. The molecule has 0 aromatic carbocycles.